The first-order valence-corrected chi connectivity index (χ1v) is 13.2. The van der Waals surface area contributed by atoms with E-state index in [1.54, 1.807) is 17.3 Å². The van der Waals surface area contributed by atoms with E-state index in [0.29, 0.717) is 31.2 Å². The van der Waals surface area contributed by atoms with E-state index in [0.717, 1.165) is 49.8 Å². The fourth-order valence-electron chi connectivity index (χ4n) is 5.24. The van der Waals surface area contributed by atoms with Crippen LogP contribution in [0.3, 0.4) is 0 Å². The molecule has 8 heteroatoms. The normalized spacial score (nSPS) is 19.0. The average molecular weight is 497 g/mol. The summed E-state index contributed by atoms with van der Waals surface area (Å²) >= 11 is 6.21. The van der Waals surface area contributed by atoms with E-state index in [9.17, 15) is 14.4 Å². The lowest BCUT2D eigenvalue weighted by atomic mass is 9.95. The number of amides is 2. The molecule has 2 heterocycles. The SMILES string of the molecule is Cc1ccc(Cl)cc1N1CCN(C(=O)c2cn(C3CCCCC3)cc(C(=O)NC3CC3)c2=O)CC1. The summed E-state index contributed by atoms with van der Waals surface area (Å²) in [5.74, 6) is -0.652. The van der Waals surface area contributed by atoms with Gasteiger partial charge in [-0.05, 0) is 50.3 Å². The van der Waals surface area contributed by atoms with Crippen LogP contribution >= 0.6 is 11.6 Å². The smallest absolute Gasteiger partial charge is 0.259 e. The van der Waals surface area contributed by atoms with Crippen molar-refractivity contribution in [2.45, 2.75) is 64.0 Å². The summed E-state index contributed by atoms with van der Waals surface area (Å²) in [7, 11) is 0. The van der Waals surface area contributed by atoms with Gasteiger partial charge in [0, 0.05) is 61.4 Å². The molecule has 2 aliphatic carbocycles. The number of carbonyl (C=O) groups excluding carboxylic acids is 2. The molecule has 0 bridgehead atoms. The Morgan fingerprint density at radius 1 is 0.943 bits per heavy atom. The van der Waals surface area contributed by atoms with E-state index in [1.165, 1.54) is 6.42 Å². The Kier molecular flexibility index (Phi) is 6.87. The molecular weight excluding hydrogens is 464 g/mol. The highest BCUT2D eigenvalue weighted by Crippen LogP contribution is 2.29. The van der Waals surface area contributed by atoms with Gasteiger partial charge in [-0.1, -0.05) is 36.9 Å². The Morgan fingerprint density at radius 3 is 2.31 bits per heavy atom. The standard InChI is InChI=1S/C27H33ClN4O3/c1-18-7-8-19(28)15-24(18)30-11-13-31(14-12-30)27(35)23-17-32(21-5-3-2-4-6-21)16-22(25(23)33)26(34)29-20-9-10-20/h7-8,15-17,20-21H,2-6,9-14H2,1H3,(H,29,34). The molecule has 7 nitrogen and oxygen atoms in total. The molecule has 2 aromatic rings. The first-order valence-electron chi connectivity index (χ1n) is 12.8. The number of hydrogen-bond donors (Lipinski definition) is 1. The Balaban J connectivity index is 1.38. The number of benzene rings is 1. The molecule has 186 valence electrons. The van der Waals surface area contributed by atoms with Crippen LogP contribution in [0.25, 0.3) is 0 Å². The molecule has 3 fully saturated rings. The number of aryl methyl sites for hydroxylation is 1. The van der Waals surface area contributed by atoms with Gasteiger partial charge in [0.05, 0.1) is 0 Å². The fraction of sp³-hybridized carbons (Fsp3) is 0.519. The third-order valence-electron chi connectivity index (χ3n) is 7.51. The number of hydrogen-bond acceptors (Lipinski definition) is 4. The van der Waals surface area contributed by atoms with Crippen molar-refractivity contribution in [1.29, 1.82) is 0 Å². The molecule has 0 atom stereocenters. The number of aromatic nitrogens is 1. The summed E-state index contributed by atoms with van der Waals surface area (Å²) in [6, 6.07) is 6.20. The number of nitrogens with zero attached hydrogens (tertiary/aromatic N) is 3. The molecule has 35 heavy (non-hydrogen) atoms. The first-order chi connectivity index (χ1) is 16.9. The van der Waals surface area contributed by atoms with Gasteiger partial charge in [-0.3, -0.25) is 14.4 Å². The average Bonchev–Trinajstić information content (AvgIpc) is 3.70. The van der Waals surface area contributed by atoms with Crippen molar-refractivity contribution in [2.24, 2.45) is 0 Å². The number of anilines is 1. The van der Waals surface area contributed by atoms with E-state index < -0.39 is 5.43 Å². The summed E-state index contributed by atoms with van der Waals surface area (Å²) in [4.78, 5) is 43.8. The maximum absolute atomic E-state index is 13.6. The molecule has 2 saturated carbocycles. The lowest BCUT2D eigenvalue weighted by molar-refractivity contribution is 0.0744. The molecule has 0 unspecified atom stereocenters. The van der Waals surface area contributed by atoms with Crippen LogP contribution in [-0.2, 0) is 0 Å². The number of nitrogens with one attached hydrogen (secondary N) is 1. The minimum atomic E-state index is -0.465. The van der Waals surface area contributed by atoms with Crippen molar-refractivity contribution < 1.29 is 9.59 Å². The van der Waals surface area contributed by atoms with E-state index in [2.05, 4.69) is 17.1 Å². The predicted octanol–water partition coefficient (Wildman–Crippen LogP) is 4.17. The van der Waals surface area contributed by atoms with Gasteiger partial charge >= 0.3 is 0 Å². The van der Waals surface area contributed by atoms with Gasteiger partial charge < -0.3 is 19.7 Å². The second kappa shape index (κ2) is 10.1. The van der Waals surface area contributed by atoms with Crippen LogP contribution in [-0.4, -0.2) is 53.5 Å². The van der Waals surface area contributed by atoms with Crippen LogP contribution in [0.4, 0.5) is 5.69 Å². The largest absolute Gasteiger partial charge is 0.368 e. The molecule has 0 spiro atoms. The lowest BCUT2D eigenvalue weighted by Crippen LogP contribution is -2.50. The Labute approximate surface area is 211 Å². The summed E-state index contributed by atoms with van der Waals surface area (Å²) in [6.45, 7) is 4.38. The summed E-state index contributed by atoms with van der Waals surface area (Å²) < 4.78 is 1.96. The molecule has 1 N–H and O–H groups in total. The summed E-state index contributed by atoms with van der Waals surface area (Å²) in [6.07, 6.45) is 10.7. The monoisotopic (exact) mass is 496 g/mol. The van der Waals surface area contributed by atoms with Gasteiger partial charge in [-0.2, -0.15) is 0 Å². The number of halogens is 1. The minimum Gasteiger partial charge on any atom is -0.368 e. The second-order valence-electron chi connectivity index (χ2n) is 10.1. The van der Waals surface area contributed by atoms with Crippen LogP contribution in [0, 0.1) is 6.92 Å². The number of carbonyl (C=O) groups is 2. The zero-order valence-electron chi connectivity index (χ0n) is 20.3. The molecule has 3 aliphatic rings. The van der Waals surface area contributed by atoms with Crippen molar-refractivity contribution in [3.05, 3.63) is 62.5 Å². The zero-order chi connectivity index (χ0) is 24.5. The molecule has 1 aromatic heterocycles. The number of rotatable bonds is 5. The van der Waals surface area contributed by atoms with Crippen LogP contribution in [0.2, 0.25) is 5.02 Å². The molecular formula is C27H33ClN4O3. The zero-order valence-corrected chi connectivity index (χ0v) is 21.0. The third-order valence-corrected chi connectivity index (χ3v) is 7.74. The predicted molar refractivity (Wildman–Crippen MR) is 138 cm³/mol. The van der Waals surface area contributed by atoms with Crippen molar-refractivity contribution in [3.8, 4) is 0 Å². The van der Waals surface area contributed by atoms with Crippen molar-refractivity contribution in [3.63, 3.8) is 0 Å². The Bertz CT molecular complexity index is 1180. The molecule has 1 aliphatic heterocycles. The Hall–Kier alpha value is -2.80. The van der Waals surface area contributed by atoms with Crippen molar-refractivity contribution in [2.75, 3.05) is 31.1 Å². The third kappa shape index (κ3) is 5.25. The van der Waals surface area contributed by atoms with Gasteiger partial charge in [-0.15, -0.1) is 0 Å². The van der Waals surface area contributed by atoms with Crippen molar-refractivity contribution >= 4 is 29.1 Å². The van der Waals surface area contributed by atoms with Crippen LogP contribution in [0.5, 0.6) is 0 Å². The maximum atomic E-state index is 13.6. The lowest BCUT2D eigenvalue weighted by Gasteiger charge is -2.37. The van der Waals surface area contributed by atoms with E-state index >= 15 is 0 Å². The molecule has 0 radical (unpaired) electrons. The summed E-state index contributed by atoms with van der Waals surface area (Å²) in [5, 5.41) is 3.61. The first kappa shape index (κ1) is 23.9. The topological polar surface area (TPSA) is 74.7 Å². The second-order valence-corrected chi connectivity index (χ2v) is 10.5. The van der Waals surface area contributed by atoms with E-state index in [4.69, 9.17) is 11.6 Å². The molecule has 1 saturated heterocycles. The molecule has 2 amide bonds. The fourth-order valence-corrected chi connectivity index (χ4v) is 5.40. The van der Waals surface area contributed by atoms with E-state index in [-0.39, 0.29) is 35.0 Å². The van der Waals surface area contributed by atoms with Crippen LogP contribution < -0.4 is 15.6 Å². The highest BCUT2D eigenvalue weighted by molar-refractivity contribution is 6.30. The molecule has 1 aromatic carbocycles. The van der Waals surface area contributed by atoms with Crippen molar-refractivity contribution in [1.82, 2.24) is 14.8 Å². The quantitative estimate of drug-likeness (QED) is 0.674. The van der Waals surface area contributed by atoms with Crippen LogP contribution in [0.1, 0.15) is 77.3 Å². The van der Waals surface area contributed by atoms with Gasteiger partial charge in [0.15, 0.2) is 0 Å². The maximum Gasteiger partial charge on any atom is 0.259 e. The molecule has 5 rings (SSSR count). The van der Waals surface area contributed by atoms with Gasteiger partial charge in [0.25, 0.3) is 11.8 Å². The highest BCUT2D eigenvalue weighted by Gasteiger charge is 2.30. The van der Waals surface area contributed by atoms with Gasteiger partial charge in [0.1, 0.15) is 11.1 Å². The Morgan fingerprint density at radius 2 is 1.63 bits per heavy atom. The van der Waals surface area contributed by atoms with E-state index in [1.807, 2.05) is 22.8 Å². The van der Waals surface area contributed by atoms with Gasteiger partial charge in [-0.25, -0.2) is 0 Å². The summed E-state index contributed by atoms with van der Waals surface area (Å²) in [5.41, 5.74) is 1.93. The highest BCUT2D eigenvalue weighted by atomic mass is 35.5. The van der Waals surface area contributed by atoms with Crippen LogP contribution in [0.15, 0.2) is 35.4 Å². The number of piperazine rings is 1. The number of pyridine rings is 1. The minimum absolute atomic E-state index is 0.0847. The van der Waals surface area contributed by atoms with Gasteiger partial charge in [0.2, 0.25) is 5.43 Å².